The largest absolute Gasteiger partial charge is 0.494 e. The molecule has 0 bridgehead atoms. The highest BCUT2D eigenvalue weighted by Crippen LogP contribution is 2.31. The third-order valence-corrected chi connectivity index (χ3v) is 7.66. The summed E-state index contributed by atoms with van der Waals surface area (Å²) in [6.07, 6.45) is 0.581. The second-order valence-corrected chi connectivity index (χ2v) is 10.4. The number of nitrogens with zero attached hydrogens (tertiary/aromatic N) is 2. The number of amides is 2. The van der Waals surface area contributed by atoms with Gasteiger partial charge in [0.15, 0.2) is 5.13 Å². The molecule has 2 amide bonds. The molecule has 4 rings (SSSR count). The van der Waals surface area contributed by atoms with Gasteiger partial charge in [-0.15, -0.1) is 23.1 Å². The number of carbonyl (C=O) groups is 2. The molecule has 9 nitrogen and oxygen atoms in total. The quantitative estimate of drug-likeness (QED) is 0.116. The van der Waals surface area contributed by atoms with Crippen LogP contribution in [0.1, 0.15) is 30.6 Å². The topological polar surface area (TPSA) is 123 Å². The maximum Gasteiger partial charge on any atom is 0.270 e. The zero-order valence-corrected chi connectivity index (χ0v) is 22.9. The predicted octanol–water partition coefficient (Wildman–Crippen LogP) is 6.88. The van der Waals surface area contributed by atoms with Crippen molar-refractivity contribution in [3.05, 3.63) is 93.9 Å². The Morgan fingerprint density at radius 2 is 1.82 bits per heavy atom. The fourth-order valence-corrected chi connectivity index (χ4v) is 5.37. The van der Waals surface area contributed by atoms with E-state index >= 15 is 0 Å². The Hall–Kier alpha value is -4.22. The molecule has 0 fully saturated rings. The molecule has 1 heterocycles. The number of benzene rings is 3. The Labute approximate surface area is 233 Å². The van der Waals surface area contributed by atoms with Gasteiger partial charge in [-0.05, 0) is 61.9 Å². The van der Waals surface area contributed by atoms with Gasteiger partial charge >= 0.3 is 0 Å². The lowest BCUT2D eigenvalue weighted by molar-refractivity contribution is -0.384. The second kappa shape index (κ2) is 13.0. The van der Waals surface area contributed by atoms with Gasteiger partial charge in [0.1, 0.15) is 5.75 Å². The number of rotatable bonds is 11. The third kappa shape index (κ3) is 7.43. The van der Waals surface area contributed by atoms with Crippen LogP contribution in [0.2, 0.25) is 0 Å². The Kier molecular flexibility index (Phi) is 9.29. The molecule has 1 aromatic heterocycles. The Bertz CT molecular complexity index is 1470. The molecule has 0 aliphatic rings. The molecule has 1 unspecified atom stereocenters. The van der Waals surface area contributed by atoms with Gasteiger partial charge in [0.2, 0.25) is 5.91 Å². The highest BCUT2D eigenvalue weighted by molar-refractivity contribution is 8.00. The van der Waals surface area contributed by atoms with Gasteiger partial charge < -0.3 is 15.4 Å². The highest BCUT2D eigenvalue weighted by atomic mass is 32.2. The Morgan fingerprint density at radius 1 is 1.05 bits per heavy atom. The van der Waals surface area contributed by atoms with E-state index in [0.717, 1.165) is 21.9 Å². The van der Waals surface area contributed by atoms with Crippen LogP contribution >= 0.6 is 23.1 Å². The van der Waals surface area contributed by atoms with Crippen LogP contribution < -0.4 is 15.4 Å². The zero-order chi connectivity index (χ0) is 27.8. The molecule has 0 aliphatic carbocycles. The Balaban J connectivity index is 1.38. The third-order valence-electron chi connectivity index (χ3n) is 5.55. The van der Waals surface area contributed by atoms with E-state index in [2.05, 4.69) is 15.6 Å². The summed E-state index contributed by atoms with van der Waals surface area (Å²) in [5, 5.41) is 18.7. The number of nitro benzene ring substituents is 1. The van der Waals surface area contributed by atoms with E-state index in [-0.39, 0.29) is 22.4 Å². The fraction of sp³-hybridized carbons (Fsp3) is 0.179. The first-order valence-corrected chi connectivity index (χ1v) is 13.9. The van der Waals surface area contributed by atoms with E-state index in [1.54, 1.807) is 18.2 Å². The molecular weight excluding hydrogens is 536 g/mol. The number of nitrogens with one attached hydrogen (secondary N) is 2. The monoisotopic (exact) mass is 562 g/mol. The first kappa shape index (κ1) is 27.8. The molecule has 1 atom stereocenters. The Morgan fingerprint density at radius 3 is 2.54 bits per heavy atom. The van der Waals surface area contributed by atoms with Crippen molar-refractivity contribution in [2.75, 3.05) is 17.2 Å². The SMILES string of the molecule is CCOc1ccc(-c2csc(NC(=O)C(CC)Sc3cccc(NC(=O)c4cccc([N+](=O)[O-])c4)c3)n2)cc1. The first-order valence-electron chi connectivity index (χ1n) is 12.2. The van der Waals surface area contributed by atoms with Crippen LogP contribution in [0.3, 0.4) is 0 Å². The molecule has 0 radical (unpaired) electrons. The van der Waals surface area contributed by atoms with Gasteiger partial charge in [-0.2, -0.15) is 0 Å². The van der Waals surface area contributed by atoms with Gasteiger partial charge in [-0.1, -0.05) is 19.1 Å². The average molecular weight is 563 g/mol. The lowest BCUT2D eigenvalue weighted by atomic mass is 10.2. The number of thioether (sulfide) groups is 1. The van der Waals surface area contributed by atoms with Gasteiger partial charge in [-0.25, -0.2) is 4.98 Å². The van der Waals surface area contributed by atoms with Crippen molar-refractivity contribution >= 4 is 51.4 Å². The van der Waals surface area contributed by atoms with Crippen LogP contribution in [0.4, 0.5) is 16.5 Å². The van der Waals surface area contributed by atoms with Crippen LogP contribution in [0.5, 0.6) is 5.75 Å². The molecule has 39 heavy (non-hydrogen) atoms. The molecule has 0 spiro atoms. The lowest BCUT2D eigenvalue weighted by Gasteiger charge is -2.14. The summed E-state index contributed by atoms with van der Waals surface area (Å²) < 4.78 is 5.48. The van der Waals surface area contributed by atoms with Crippen molar-refractivity contribution in [3.8, 4) is 17.0 Å². The summed E-state index contributed by atoms with van der Waals surface area (Å²) in [5.74, 6) is 0.166. The smallest absolute Gasteiger partial charge is 0.270 e. The summed E-state index contributed by atoms with van der Waals surface area (Å²) >= 11 is 2.74. The number of non-ortho nitro benzene ring substituents is 1. The summed E-state index contributed by atoms with van der Waals surface area (Å²) in [6.45, 7) is 4.46. The van der Waals surface area contributed by atoms with Crippen molar-refractivity contribution in [2.45, 2.75) is 30.4 Å². The number of anilines is 2. The number of hydrogen-bond acceptors (Lipinski definition) is 8. The van der Waals surface area contributed by atoms with E-state index in [0.29, 0.717) is 23.8 Å². The number of thiazole rings is 1. The average Bonchev–Trinajstić information content (AvgIpc) is 3.41. The highest BCUT2D eigenvalue weighted by Gasteiger charge is 2.20. The zero-order valence-electron chi connectivity index (χ0n) is 21.2. The van der Waals surface area contributed by atoms with Crippen molar-refractivity contribution in [3.63, 3.8) is 0 Å². The minimum absolute atomic E-state index is 0.157. The summed E-state index contributed by atoms with van der Waals surface area (Å²) in [5.41, 5.74) is 2.25. The van der Waals surface area contributed by atoms with Crippen LogP contribution in [0.25, 0.3) is 11.3 Å². The minimum atomic E-state index is -0.545. The second-order valence-electron chi connectivity index (χ2n) is 8.29. The fourth-order valence-electron chi connectivity index (χ4n) is 3.64. The van der Waals surface area contributed by atoms with Crippen LogP contribution in [-0.4, -0.2) is 33.6 Å². The first-order chi connectivity index (χ1) is 18.9. The normalized spacial score (nSPS) is 11.4. The van der Waals surface area contributed by atoms with E-state index in [1.165, 1.54) is 47.4 Å². The van der Waals surface area contributed by atoms with Gasteiger partial charge in [-0.3, -0.25) is 19.7 Å². The van der Waals surface area contributed by atoms with E-state index < -0.39 is 10.8 Å². The number of hydrogen-bond donors (Lipinski definition) is 2. The molecule has 3 aromatic carbocycles. The van der Waals surface area contributed by atoms with Crippen LogP contribution in [-0.2, 0) is 4.79 Å². The van der Waals surface area contributed by atoms with E-state index in [4.69, 9.17) is 4.74 Å². The predicted molar refractivity (Wildman–Crippen MR) is 155 cm³/mol. The summed E-state index contributed by atoms with van der Waals surface area (Å²) in [4.78, 5) is 41.5. The van der Waals surface area contributed by atoms with Crippen molar-refractivity contribution in [2.24, 2.45) is 0 Å². The van der Waals surface area contributed by atoms with Gasteiger partial charge in [0.25, 0.3) is 11.6 Å². The van der Waals surface area contributed by atoms with E-state index in [9.17, 15) is 19.7 Å². The molecule has 0 saturated carbocycles. The molecule has 0 saturated heterocycles. The number of nitro groups is 1. The standard InChI is InChI=1S/C28H26N4O5S2/c1-3-25(27(34)31-28-30-24(17-38-28)18-11-13-22(14-12-18)37-4-2)39-23-10-6-8-20(16-23)29-26(33)19-7-5-9-21(15-19)32(35)36/h5-17,25H,3-4H2,1-2H3,(H,29,33)(H,30,31,34). The number of carbonyl (C=O) groups excluding carboxylic acids is 2. The molecule has 0 aliphatic heterocycles. The summed E-state index contributed by atoms with van der Waals surface area (Å²) in [7, 11) is 0. The van der Waals surface area contributed by atoms with Crippen LogP contribution in [0, 0.1) is 10.1 Å². The minimum Gasteiger partial charge on any atom is -0.494 e. The molecular formula is C28H26N4O5S2. The molecule has 200 valence electrons. The molecule has 4 aromatic rings. The van der Waals surface area contributed by atoms with Crippen molar-refractivity contribution in [1.82, 2.24) is 4.98 Å². The number of aromatic nitrogens is 1. The molecule has 2 N–H and O–H groups in total. The van der Waals surface area contributed by atoms with Crippen molar-refractivity contribution < 1.29 is 19.2 Å². The number of ether oxygens (including phenoxy) is 1. The van der Waals surface area contributed by atoms with E-state index in [1.807, 2.05) is 49.6 Å². The lowest BCUT2D eigenvalue weighted by Crippen LogP contribution is -2.24. The van der Waals surface area contributed by atoms with Gasteiger partial charge in [0.05, 0.1) is 22.5 Å². The summed E-state index contributed by atoms with van der Waals surface area (Å²) in [6, 6.07) is 20.3. The van der Waals surface area contributed by atoms with Crippen molar-refractivity contribution in [1.29, 1.82) is 0 Å². The van der Waals surface area contributed by atoms with Crippen LogP contribution in [0.15, 0.2) is 83.1 Å². The maximum atomic E-state index is 13.0. The van der Waals surface area contributed by atoms with Gasteiger partial charge in [0, 0.05) is 39.2 Å². The molecule has 11 heteroatoms. The maximum absolute atomic E-state index is 13.0.